The zero-order valence-corrected chi connectivity index (χ0v) is 24.0. The van der Waals surface area contributed by atoms with Crippen LogP contribution in [0.25, 0.3) is 0 Å². The first-order chi connectivity index (χ1) is 16.5. The summed E-state index contributed by atoms with van der Waals surface area (Å²) in [5, 5.41) is 5.86. The van der Waals surface area contributed by atoms with Crippen LogP contribution in [0.4, 0.5) is 0 Å². The molecule has 0 radical (unpaired) electrons. The Morgan fingerprint density at radius 1 is 0.778 bits per heavy atom. The molecule has 8 nitrogen and oxygen atoms in total. The smallest absolute Gasteiger partial charge is 0.239 e. The van der Waals surface area contributed by atoms with Gasteiger partial charge in [0.05, 0.1) is 6.04 Å². The van der Waals surface area contributed by atoms with Crippen molar-refractivity contribution >= 4 is 42.5 Å². The van der Waals surface area contributed by atoms with Crippen LogP contribution in [-0.4, -0.2) is 61.4 Å². The van der Waals surface area contributed by atoms with Crippen LogP contribution in [0, 0.1) is 0 Å². The van der Waals surface area contributed by atoms with Gasteiger partial charge in [-0.2, -0.15) is 0 Å². The highest BCUT2D eigenvalue weighted by molar-refractivity contribution is 5.85. The summed E-state index contributed by atoms with van der Waals surface area (Å²) in [6.45, 7) is 6.89. The Balaban J connectivity index is -0.00000544. The molecule has 0 aliphatic heterocycles. The number of nitrogens with zero attached hydrogens (tertiary/aromatic N) is 1. The molecule has 0 saturated heterocycles. The highest BCUT2D eigenvalue weighted by atomic mass is 35.5. The second-order valence-electron chi connectivity index (χ2n) is 8.46. The quantitative estimate of drug-likeness (QED) is 0.128. The van der Waals surface area contributed by atoms with Gasteiger partial charge in [0.25, 0.3) is 0 Å². The molecule has 0 saturated carbocycles. The predicted octanol–water partition coefficient (Wildman–Crippen LogP) is 3.62. The second kappa shape index (κ2) is 28.0. The molecule has 1 unspecified atom stereocenters. The largest absolute Gasteiger partial charge is 0.356 e. The molecule has 0 aromatic heterocycles. The Labute approximate surface area is 231 Å². The van der Waals surface area contributed by atoms with E-state index in [1.165, 1.54) is 0 Å². The first-order valence-electron chi connectivity index (χ1n) is 13.0. The Hall–Kier alpha value is -1.61. The Morgan fingerprint density at radius 2 is 1.28 bits per heavy atom. The van der Waals surface area contributed by atoms with Gasteiger partial charge in [0.1, 0.15) is 0 Å². The number of carbonyl (C=O) groups is 3. The van der Waals surface area contributed by atoms with Crippen LogP contribution in [0.15, 0.2) is 24.3 Å². The van der Waals surface area contributed by atoms with E-state index in [4.69, 9.17) is 11.5 Å². The molecule has 1 atom stereocenters. The van der Waals surface area contributed by atoms with Crippen molar-refractivity contribution in [2.75, 3.05) is 32.7 Å². The van der Waals surface area contributed by atoms with Gasteiger partial charge < -0.3 is 27.0 Å². The molecule has 0 bridgehead atoms. The third-order valence-electron chi connectivity index (χ3n) is 5.33. The highest BCUT2D eigenvalue weighted by Gasteiger charge is 2.20. The Bertz CT molecular complexity index is 618. The number of nitrogens with two attached hydrogens (primary N) is 2. The zero-order chi connectivity index (χ0) is 25.4. The van der Waals surface area contributed by atoms with Crippen molar-refractivity contribution in [1.29, 1.82) is 0 Å². The first kappa shape index (κ1) is 38.9. The standard InChI is InChI=1S/C26H49N5O3.2ClH/c1-3-5-7-9-16-24(32)29-19-11-12-21-31(26(34)23(28)15-13-18-27)22-14-20-30-25(33)17-10-8-6-4-2;;/h5-8,23H,3-4,9-22,27-28H2,1-2H3,(H,29,32)(H,30,33);2*1H/b7-5-,8-6-;;. The molecule has 3 amide bonds. The molecule has 212 valence electrons. The topological polar surface area (TPSA) is 131 Å². The fourth-order valence-electron chi connectivity index (χ4n) is 3.36. The Morgan fingerprint density at radius 3 is 1.78 bits per heavy atom. The molecule has 0 spiro atoms. The van der Waals surface area contributed by atoms with Crippen molar-refractivity contribution in [2.45, 2.75) is 90.5 Å². The molecule has 0 fully saturated rings. The summed E-state index contributed by atoms with van der Waals surface area (Å²) >= 11 is 0. The van der Waals surface area contributed by atoms with Gasteiger partial charge in [0.15, 0.2) is 0 Å². The molecule has 0 aromatic carbocycles. The van der Waals surface area contributed by atoms with E-state index in [0.717, 1.165) is 38.5 Å². The van der Waals surface area contributed by atoms with Crippen molar-refractivity contribution in [3.63, 3.8) is 0 Å². The maximum Gasteiger partial charge on any atom is 0.239 e. The van der Waals surface area contributed by atoms with Gasteiger partial charge in [0, 0.05) is 39.0 Å². The van der Waals surface area contributed by atoms with E-state index in [0.29, 0.717) is 64.8 Å². The number of rotatable bonds is 21. The maximum atomic E-state index is 12.8. The number of halogens is 2. The van der Waals surface area contributed by atoms with E-state index < -0.39 is 6.04 Å². The minimum absolute atomic E-state index is 0. The van der Waals surface area contributed by atoms with Crippen LogP contribution in [0.2, 0.25) is 0 Å². The molecular formula is C26H51Cl2N5O3. The summed E-state index contributed by atoms with van der Waals surface area (Å²) < 4.78 is 0. The van der Waals surface area contributed by atoms with Crippen LogP contribution >= 0.6 is 24.8 Å². The zero-order valence-electron chi connectivity index (χ0n) is 22.3. The lowest BCUT2D eigenvalue weighted by Gasteiger charge is -2.26. The first-order valence-corrected chi connectivity index (χ1v) is 13.0. The van der Waals surface area contributed by atoms with E-state index in [1.54, 1.807) is 4.90 Å². The van der Waals surface area contributed by atoms with Gasteiger partial charge in [-0.05, 0) is 64.3 Å². The third kappa shape index (κ3) is 22.8. The normalized spacial score (nSPS) is 11.6. The molecular weight excluding hydrogens is 501 g/mol. The van der Waals surface area contributed by atoms with Crippen LogP contribution < -0.4 is 22.1 Å². The fourth-order valence-corrected chi connectivity index (χ4v) is 3.36. The monoisotopic (exact) mass is 551 g/mol. The lowest BCUT2D eigenvalue weighted by Crippen LogP contribution is -2.45. The van der Waals surface area contributed by atoms with Gasteiger partial charge in [0.2, 0.25) is 17.7 Å². The molecule has 0 heterocycles. The number of amides is 3. The van der Waals surface area contributed by atoms with Gasteiger partial charge in [-0.25, -0.2) is 0 Å². The van der Waals surface area contributed by atoms with E-state index in [9.17, 15) is 14.4 Å². The van der Waals surface area contributed by atoms with Crippen molar-refractivity contribution in [2.24, 2.45) is 11.5 Å². The van der Waals surface area contributed by atoms with Gasteiger partial charge >= 0.3 is 0 Å². The van der Waals surface area contributed by atoms with Crippen LogP contribution in [0.3, 0.4) is 0 Å². The summed E-state index contributed by atoms with van der Waals surface area (Å²) in [5.74, 6) is 0.00819. The van der Waals surface area contributed by atoms with Gasteiger partial charge in [-0.3, -0.25) is 14.4 Å². The number of unbranched alkanes of at least 4 members (excludes halogenated alkanes) is 1. The highest BCUT2D eigenvalue weighted by Crippen LogP contribution is 2.04. The summed E-state index contributed by atoms with van der Waals surface area (Å²) in [4.78, 5) is 38.4. The second-order valence-corrected chi connectivity index (χ2v) is 8.46. The molecule has 6 N–H and O–H groups in total. The molecule has 0 rings (SSSR count). The van der Waals surface area contributed by atoms with Crippen LogP contribution in [-0.2, 0) is 14.4 Å². The lowest BCUT2D eigenvalue weighted by atomic mass is 10.1. The minimum Gasteiger partial charge on any atom is -0.356 e. The van der Waals surface area contributed by atoms with Crippen molar-refractivity contribution in [1.82, 2.24) is 15.5 Å². The number of nitrogens with one attached hydrogen (secondary N) is 2. The maximum absolute atomic E-state index is 12.8. The number of allylic oxidation sites excluding steroid dienone is 4. The van der Waals surface area contributed by atoms with Crippen LogP contribution in [0.1, 0.15) is 84.5 Å². The molecule has 0 aliphatic rings. The summed E-state index contributed by atoms with van der Waals surface area (Å²) in [5.41, 5.74) is 11.6. The van der Waals surface area contributed by atoms with Crippen molar-refractivity contribution in [3.8, 4) is 0 Å². The minimum atomic E-state index is -0.556. The van der Waals surface area contributed by atoms with Crippen LogP contribution in [0.5, 0.6) is 0 Å². The van der Waals surface area contributed by atoms with Crippen molar-refractivity contribution < 1.29 is 14.4 Å². The van der Waals surface area contributed by atoms with Gasteiger partial charge in [-0.15, -0.1) is 24.8 Å². The average Bonchev–Trinajstić information content (AvgIpc) is 2.83. The van der Waals surface area contributed by atoms with E-state index in [-0.39, 0.29) is 42.5 Å². The number of carbonyl (C=O) groups excluding carboxylic acids is 3. The predicted molar refractivity (Wildman–Crippen MR) is 155 cm³/mol. The molecule has 0 aromatic rings. The van der Waals surface area contributed by atoms with E-state index in [2.05, 4.69) is 36.6 Å². The van der Waals surface area contributed by atoms with Crippen molar-refractivity contribution in [3.05, 3.63) is 24.3 Å². The summed E-state index contributed by atoms with van der Waals surface area (Å²) in [6, 6.07) is -0.556. The van der Waals surface area contributed by atoms with Gasteiger partial charge in [-0.1, -0.05) is 38.2 Å². The SMILES string of the molecule is CC/C=C\CCC(=O)NCCCCN(CCCNC(=O)CC/C=C\CC)C(=O)C(N)CCCN.Cl.Cl. The molecule has 36 heavy (non-hydrogen) atoms. The number of hydrogen-bond acceptors (Lipinski definition) is 5. The summed E-state index contributed by atoms with van der Waals surface area (Å²) in [6.07, 6.45) is 16.1. The third-order valence-corrected chi connectivity index (χ3v) is 5.33. The lowest BCUT2D eigenvalue weighted by molar-refractivity contribution is -0.133. The van der Waals surface area contributed by atoms with E-state index >= 15 is 0 Å². The molecule has 0 aliphatic carbocycles. The Kier molecular flexibility index (Phi) is 30.2. The average molecular weight is 553 g/mol. The summed E-state index contributed by atoms with van der Waals surface area (Å²) in [7, 11) is 0. The fraction of sp³-hybridized carbons (Fsp3) is 0.731. The molecule has 10 heteroatoms. The number of hydrogen-bond donors (Lipinski definition) is 4. The van der Waals surface area contributed by atoms with E-state index in [1.807, 2.05) is 12.2 Å².